The van der Waals surface area contributed by atoms with Gasteiger partial charge in [0.25, 0.3) is 0 Å². The first-order valence-electron chi connectivity index (χ1n) is 7.67. The first-order valence-corrected chi connectivity index (χ1v) is 8.55. The second-order valence-electron chi connectivity index (χ2n) is 5.45. The smallest absolute Gasteiger partial charge is 0.237 e. The third-order valence-corrected chi connectivity index (χ3v) is 4.80. The van der Waals surface area contributed by atoms with Crippen molar-refractivity contribution in [2.45, 2.75) is 17.2 Å². The van der Waals surface area contributed by atoms with Gasteiger partial charge < -0.3 is 10.3 Å². The summed E-state index contributed by atoms with van der Waals surface area (Å²) >= 11 is 1.35. The van der Waals surface area contributed by atoms with Crippen molar-refractivity contribution >= 4 is 45.4 Å². The third-order valence-electron chi connectivity index (χ3n) is 3.70. The number of thioether (sulfide) groups is 1. The van der Waals surface area contributed by atoms with E-state index in [-0.39, 0.29) is 11.2 Å². The molecule has 25 heavy (non-hydrogen) atoms. The lowest BCUT2D eigenvalue weighted by Gasteiger charge is -2.12. The summed E-state index contributed by atoms with van der Waals surface area (Å²) in [7, 11) is 0. The summed E-state index contributed by atoms with van der Waals surface area (Å²) in [5.41, 5.74) is 2.89. The molecule has 3 aromatic heterocycles. The van der Waals surface area contributed by atoms with Crippen LogP contribution in [0.5, 0.6) is 0 Å². The molecule has 0 aliphatic heterocycles. The number of H-pyrrole nitrogens is 1. The fourth-order valence-electron chi connectivity index (χ4n) is 2.44. The zero-order valence-electron chi connectivity index (χ0n) is 13.3. The first kappa shape index (κ1) is 15.5. The second-order valence-corrected chi connectivity index (χ2v) is 6.78. The topological polar surface area (TPSA) is 96.5 Å². The summed E-state index contributed by atoms with van der Waals surface area (Å²) < 4.78 is 0. The van der Waals surface area contributed by atoms with Crippen molar-refractivity contribution in [3.05, 3.63) is 49.2 Å². The predicted molar refractivity (Wildman–Crippen MR) is 97.4 cm³/mol. The molecule has 7 nitrogen and oxygen atoms in total. The van der Waals surface area contributed by atoms with E-state index in [1.807, 2.05) is 37.3 Å². The van der Waals surface area contributed by atoms with Crippen LogP contribution in [0.3, 0.4) is 0 Å². The van der Waals surface area contributed by atoms with Crippen LogP contribution in [0.4, 0.5) is 5.69 Å². The van der Waals surface area contributed by atoms with Gasteiger partial charge in [0.15, 0.2) is 5.65 Å². The van der Waals surface area contributed by atoms with E-state index in [1.54, 1.807) is 12.5 Å². The summed E-state index contributed by atoms with van der Waals surface area (Å²) in [6.45, 7) is 1.83. The highest BCUT2D eigenvalue weighted by atomic mass is 32.2. The van der Waals surface area contributed by atoms with E-state index in [1.165, 1.54) is 18.1 Å². The molecule has 0 saturated carbocycles. The number of imidazole rings is 1. The van der Waals surface area contributed by atoms with Crippen LogP contribution >= 0.6 is 11.8 Å². The molecule has 1 amide bonds. The average molecular weight is 350 g/mol. The standard InChI is InChI=1S/C17H14N6OS/c1-10(25-17-14-15(20-8-19-14)21-9-22-17)16(24)23-12-6-11-4-2-3-5-13(11)18-7-12/h2-10H,1H3,(H,23,24)(H,19,20,21,22)/t10-/m1/s1. The molecule has 1 aromatic carbocycles. The predicted octanol–water partition coefficient (Wildman–Crippen LogP) is 3.02. The maximum absolute atomic E-state index is 12.5. The van der Waals surface area contributed by atoms with Crippen molar-refractivity contribution in [1.82, 2.24) is 24.9 Å². The van der Waals surface area contributed by atoms with Gasteiger partial charge in [0.05, 0.1) is 29.0 Å². The Morgan fingerprint density at radius 1 is 1.20 bits per heavy atom. The number of aromatic nitrogens is 5. The Labute approximate surface area is 147 Å². The monoisotopic (exact) mass is 350 g/mol. The van der Waals surface area contributed by atoms with E-state index in [9.17, 15) is 4.79 Å². The molecule has 4 aromatic rings. The molecule has 0 unspecified atom stereocenters. The van der Waals surface area contributed by atoms with Gasteiger partial charge in [-0.05, 0) is 19.1 Å². The number of nitrogens with zero attached hydrogens (tertiary/aromatic N) is 4. The number of aromatic amines is 1. The van der Waals surface area contributed by atoms with Crippen LogP contribution in [0, 0.1) is 0 Å². The summed E-state index contributed by atoms with van der Waals surface area (Å²) in [5.74, 6) is -0.117. The average Bonchev–Trinajstić information content (AvgIpc) is 3.11. The normalized spacial score (nSPS) is 12.4. The van der Waals surface area contributed by atoms with Crippen LogP contribution in [0.2, 0.25) is 0 Å². The molecule has 1 atom stereocenters. The molecule has 0 spiro atoms. The molecule has 0 fully saturated rings. The highest BCUT2D eigenvalue weighted by molar-refractivity contribution is 8.00. The zero-order chi connectivity index (χ0) is 17.2. The molecule has 4 rings (SSSR count). The molecule has 0 aliphatic rings. The zero-order valence-corrected chi connectivity index (χ0v) is 14.1. The van der Waals surface area contributed by atoms with E-state index in [2.05, 4.69) is 30.2 Å². The second kappa shape index (κ2) is 6.48. The molecular weight excluding hydrogens is 336 g/mol. The maximum Gasteiger partial charge on any atom is 0.237 e. The molecule has 0 bridgehead atoms. The highest BCUT2D eigenvalue weighted by Crippen LogP contribution is 2.27. The van der Waals surface area contributed by atoms with Crippen LogP contribution < -0.4 is 5.32 Å². The van der Waals surface area contributed by atoms with Crippen LogP contribution in [0.15, 0.2) is 54.2 Å². The lowest BCUT2D eigenvalue weighted by Crippen LogP contribution is -2.22. The van der Waals surface area contributed by atoms with E-state index in [0.717, 1.165) is 16.4 Å². The minimum absolute atomic E-state index is 0.117. The Morgan fingerprint density at radius 3 is 3.00 bits per heavy atom. The highest BCUT2D eigenvalue weighted by Gasteiger charge is 2.18. The number of rotatable bonds is 4. The lowest BCUT2D eigenvalue weighted by atomic mass is 10.2. The molecule has 0 aliphatic carbocycles. The number of benzene rings is 1. The number of carbonyl (C=O) groups excluding carboxylic acids is 1. The van der Waals surface area contributed by atoms with Gasteiger partial charge >= 0.3 is 0 Å². The minimum Gasteiger partial charge on any atom is -0.341 e. The lowest BCUT2D eigenvalue weighted by molar-refractivity contribution is -0.115. The van der Waals surface area contributed by atoms with E-state index in [4.69, 9.17) is 0 Å². The molecule has 3 heterocycles. The van der Waals surface area contributed by atoms with Gasteiger partial charge in [-0.1, -0.05) is 30.0 Å². The summed E-state index contributed by atoms with van der Waals surface area (Å²) in [4.78, 5) is 32.3. The quantitative estimate of drug-likeness (QED) is 0.434. The Bertz CT molecular complexity index is 1060. The summed E-state index contributed by atoms with van der Waals surface area (Å²) in [6, 6.07) is 9.69. The van der Waals surface area contributed by atoms with Gasteiger partial charge in [-0.25, -0.2) is 15.0 Å². The summed E-state index contributed by atoms with van der Waals surface area (Å²) in [5, 5.41) is 4.24. The van der Waals surface area contributed by atoms with Gasteiger partial charge in [-0.3, -0.25) is 9.78 Å². The maximum atomic E-state index is 12.5. The molecule has 0 radical (unpaired) electrons. The number of para-hydroxylation sites is 1. The fourth-order valence-corrected chi connectivity index (χ4v) is 3.31. The SMILES string of the molecule is C[C@@H](Sc1ncnc2nc[nH]c12)C(=O)Nc1cnc2ccccc2c1. The Kier molecular flexibility index (Phi) is 4.02. The summed E-state index contributed by atoms with van der Waals surface area (Å²) in [6.07, 6.45) is 4.67. The number of hydrogen-bond donors (Lipinski definition) is 2. The number of hydrogen-bond acceptors (Lipinski definition) is 6. The fraction of sp³-hybridized carbons (Fsp3) is 0.118. The van der Waals surface area contributed by atoms with Crippen LogP contribution in [-0.2, 0) is 4.79 Å². The van der Waals surface area contributed by atoms with Gasteiger partial charge in [-0.15, -0.1) is 0 Å². The molecule has 2 N–H and O–H groups in total. The van der Waals surface area contributed by atoms with Gasteiger partial charge in [0.1, 0.15) is 16.9 Å². The van der Waals surface area contributed by atoms with Gasteiger partial charge in [0.2, 0.25) is 5.91 Å². The van der Waals surface area contributed by atoms with Crippen LogP contribution in [0.25, 0.3) is 22.1 Å². The largest absolute Gasteiger partial charge is 0.341 e. The van der Waals surface area contributed by atoms with Crippen LogP contribution in [0.1, 0.15) is 6.92 Å². The van der Waals surface area contributed by atoms with Crippen molar-refractivity contribution in [3.8, 4) is 0 Å². The number of carbonyl (C=O) groups is 1. The minimum atomic E-state index is -0.340. The van der Waals surface area contributed by atoms with Crippen molar-refractivity contribution in [2.75, 3.05) is 5.32 Å². The first-order chi connectivity index (χ1) is 12.2. The number of anilines is 1. The van der Waals surface area contributed by atoms with E-state index >= 15 is 0 Å². The van der Waals surface area contributed by atoms with Crippen molar-refractivity contribution in [1.29, 1.82) is 0 Å². The van der Waals surface area contributed by atoms with E-state index in [0.29, 0.717) is 16.4 Å². The third kappa shape index (κ3) is 3.16. The van der Waals surface area contributed by atoms with Gasteiger partial charge in [0, 0.05) is 5.39 Å². The molecule has 8 heteroatoms. The van der Waals surface area contributed by atoms with Crippen molar-refractivity contribution in [2.24, 2.45) is 0 Å². The Morgan fingerprint density at radius 2 is 2.08 bits per heavy atom. The molecule has 0 saturated heterocycles. The van der Waals surface area contributed by atoms with E-state index < -0.39 is 0 Å². The van der Waals surface area contributed by atoms with Crippen LogP contribution in [-0.4, -0.2) is 36.1 Å². The van der Waals surface area contributed by atoms with Gasteiger partial charge in [-0.2, -0.15) is 0 Å². The van der Waals surface area contributed by atoms with Crippen molar-refractivity contribution < 1.29 is 4.79 Å². The molecular formula is C17H14N6OS. The number of pyridine rings is 1. The number of fused-ring (bicyclic) bond motifs is 2. The van der Waals surface area contributed by atoms with Crippen molar-refractivity contribution in [3.63, 3.8) is 0 Å². The Balaban J connectivity index is 1.50. The Hall–Kier alpha value is -3.00. The number of nitrogens with one attached hydrogen (secondary N) is 2. The molecule has 124 valence electrons. The number of amides is 1.